The van der Waals surface area contributed by atoms with Crippen LogP contribution in [0.3, 0.4) is 0 Å². The average molecular weight is 260 g/mol. The summed E-state index contributed by atoms with van der Waals surface area (Å²) in [5, 5.41) is 39.2. The predicted molar refractivity (Wildman–Crippen MR) is 59.6 cm³/mol. The van der Waals surface area contributed by atoms with Crippen LogP contribution in [-0.2, 0) is 9.47 Å². The zero-order chi connectivity index (χ0) is 12.9. The van der Waals surface area contributed by atoms with Gasteiger partial charge in [-0.25, -0.2) is 0 Å². The van der Waals surface area contributed by atoms with Crippen molar-refractivity contribution in [2.24, 2.45) is 0 Å². The van der Waals surface area contributed by atoms with E-state index in [1.54, 1.807) is 0 Å². The maximum absolute atomic E-state index is 9.92. The van der Waals surface area contributed by atoms with Crippen molar-refractivity contribution in [3.8, 4) is 0 Å². The van der Waals surface area contributed by atoms with Gasteiger partial charge in [0.1, 0.15) is 36.6 Å². The highest BCUT2D eigenvalue weighted by Crippen LogP contribution is 2.44. The Hall–Kier alpha value is -0.240. The second-order valence-electron chi connectivity index (χ2n) is 5.60. The van der Waals surface area contributed by atoms with Gasteiger partial charge in [-0.1, -0.05) is 6.42 Å². The first-order valence-electron chi connectivity index (χ1n) is 6.62. The molecule has 104 valence electrons. The first kappa shape index (κ1) is 12.8. The van der Waals surface area contributed by atoms with Crippen LogP contribution < -0.4 is 0 Å². The molecule has 3 fully saturated rings. The van der Waals surface area contributed by atoms with Crippen LogP contribution in [0.5, 0.6) is 0 Å². The van der Waals surface area contributed by atoms with E-state index in [0.717, 1.165) is 32.1 Å². The lowest BCUT2D eigenvalue weighted by molar-refractivity contribution is -0.203. The van der Waals surface area contributed by atoms with E-state index in [4.69, 9.17) is 9.47 Å². The Morgan fingerprint density at radius 2 is 1.11 bits per heavy atom. The van der Waals surface area contributed by atoms with Gasteiger partial charge < -0.3 is 29.9 Å². The Labute approximate surface area is 105 Å². The van der Waals surface area contributed by atoms with Crippen LogP contribution in [0.15, 0.2) is 0 Å². The molecule has 0 radical (unpaired) electrons. The third-order valence-electron chi connectivity index (χ3n) is 4.36. The molecule has 1 spiro atoms. The normalized spacial score (nSPS) is 51.3. The van der Waals surface area contributed by atoms with Gasteiger partial charge >= 0.3 is 0 Å². The molecule has 1 saturated heterocycles. The van der Waals surface area contributed by atoms with Gasteiger partial charge in [0, 0.05) is 12.8 Å². The fourth-order valence-electron chi connectivity index (χ4n) is 3.30. The average Bonchev–Trinajstić information content (AvgIpc) is 2.74. The van der Waals surface area contributed by atoms with Gasteiger partial charge in [0.25, 0.3) is 0 Å². The van der Waals surface area contributed by atoms with Crippen LogP contribution >= 0.6 is 0 Å². The Morgan fingerprint density at radius 1 is 0.667 bits per heavy atom. The largest absolute Gasteiger partial charge is 0.387 e. The Balaban J connectivity index is 1.82. The smallest absolute Gasteiger partial charge is 0.169 e. The molecule has 6 nitrogen and oxygen atoms in total. The summed E-state index contributed by atoms with van der Waals surface area (Å²) >= 11 is 0. The fraction of sp³-hybridized carbons (Fsp3) is 1.00. The van der Waals surface area contributed by atoms with Crippen LogP contribution in [0.25, 0.3) is 0 Å². The molecular formula is C12H20O6. The molecule has 3 rings (SSSR count). The summed E-state index contributed by atoms with van der Waals surface area (Å²) in [5.41, 5.74) is 0. The van der Waals surface area contributed by atoms with Gasteiger partial charge in [-0.2, -0.15) is 0 Å². The standard InChI is InChI=1S/C12H20O6/c13-6-7(14)9(16)11-10(8(6)15)17-12(18-11)4-2-1-3-5-12/h6-11,13-16H,1-5H2/t6-,7+,8-,9+,10-,11+. The predicted octanol–water partition coefficient (Wildman–Crippen LogP) is -1.11. The van der Waals surface area contributed by atoms with Gasteiger partial charge in [0.15, 0.2) is 5.79 Å². The summed E-state index contributed by atoms with van der Waals surface area (Å²) in [6.07, 6.45) is -2.24. The van der Waals surface area contributed by atoms with E-state index in [1.807, 2.05) is 0 Å². The number of aliphatic hydroxyl groups is 4. The Morgan fingerprint density at radius 3 is 1.56 bits per heavy atom. The minimum atomic E-state index is -1.40. The Kier molecular flexibility index (Phi) is 3.12. The lowest BCUT2D eigenvalue weighted by Crippen LogP contribution is -2.62. The fourth-order valence-corrected chi connectivity index (χ4v) is 3.30. The highest BCUT2D eigenvalue weighted by molar-refractivity contribution is 5.04. The van der Waals surface area contributed by atoms with E-state index in [1.165, 1.54) is 0 Å². The third kappa shape index (κ3) is 1.79. The molecule has 6 atom stereocenters. The van der Waals surface area contributed by atoms with Gasteiger partial charge in [0.05, 0.1) is 0 Å². The van der Waals surface area contributed by atoms with Gasteiger partial charge in [-0.15, -0.1) is 0 Å². The van der Waals surface area contributed by atoms with Crippen molar-refractivity contribution in [2.75, 3.05) is 0 Å². The summed E-state index contributed by atoms with van der Waals surface area (Å²) in [4.78, 5) is 0. The molecule has 0 amide bonds. The molecular weight excluding hydrogens is 240 g/mol. The molecule has 1 aliphatic heterocycles. The summed E-state index contributed by atoms with van der Waals surface area (Å²) < 4.78 is 11.6. The number of hydrogen-bond acceptors (Lipinski definition) is 6. The van der Waals surface area contributed by atoms with Crippen LogP contribution in [0.2, 0.25) is 0 Å². The van der Waals surface area contributed by atoms with Crippen molar-refractivity contribution in [1.29, 1.82) is 0 Å². The quantitative estimate of drug-likeness (QED) is 0.441. The molecule has 4 N–H and O–H groups in total. The van der Waals surface area contributed by atoms with E-state index < -0.39 is 42.4 Å². The van der Waals surface area contributed by atoms with Crippen LogP contribution in [-0.4, -0.2) is 62.8 Å². The monoisotopic (exact) mass is 260 g/mol. The summed E-state index contributed by atoms with van der Waals surface area (Å²) in [6, 6.07) is 0. The van der Waals surface area contributed by atoms with Gasteiger partial charge in [-0.3, -0.25) is 0 Å². The van der Waals surface area contributed by atoms with Crippen molar-refractivity contribution >= 4 is 0 Å². The van der Waals surface area contributed by atoms with Crippen LogP contribution in [0, 0.1) is 0 Å². The molecule has 2 aliphatic carbocycles. The van der Waals surface area contributed by atoms with Gasteiger partial charge in [-0.05, 0) is 12.8 Å². The highest BCUT2D eigenvalue weighted by Gasteiger charge is 2.59. The Bertz CT molecular complexity index is 292. The minimum absolute atomic E-state index is 0.728. The molecule has 0 bridgehead atoms. The third-order valence-corrected chi connectivity index (χ3v) is 4.36. The number of fused-ring (bicyclic) bond motifs is 1. The molecule has 18 heavy (non-hydrogen) atoms. The zero-order valence-electron chi connectivity index (χ0n) is 10.1. The number of ether oxygens (including phenoxy) is 2. The second kappa shape index (κ2) is 4.40. The maximum Gasteiger partial charge on any atom is 0.169 e. The van der Waals surface area contributed by atoms with Crippen molar-refractivity contribution < 1.29 is 29.9 Å². The lowest BCUT2D eigenvalue weighted by Gasteiger charge is -2.38. The van der Waals surface area contributed by atoms with Crippen molar-refractivity contribution in [3.63, 3.8) is 0 Å². The number of hydrogen-bond donors (Lipinski definition) is 4. The lowest BCUT2D eigenvalue weighted by atomic mass is 9.85. The van der Waals surface area contributed by atoms with Crippen molar-refractivity contribution in [3.05, 3.63) is 0 Å². The van der Waals surface area contributed by atoms with Gasteiger partial charge in [0.2, 0.25) is 0 Å². The minimum Gasteiger partial charge on any atom is -0.387 e. The summed E-state index contributed by atoms with van der Waals surface area (Å²) in [6.45, 7) is 0. The first-order valence-corrected chi connectivity index (χ1v) is 6.62. The highest BCUT2D eigenvalue weighted by atomic mass is 16.8. The van der Waals surface area contributed by atoms with E-state index in [-0.39, 0.29) is 0 Å². The summed E-state index contributed by atoms with van der Waals surface area (Å²) in [7, 11) is 0. The second-order valence-corrected chi connectivity index (χ2v) is 5.60. The summed E-state index contributed by atoms with van der Waals surface area (Å²) in [5.74, 6) is -0.751. The van der Waals surface area contributed by atoms with Crippen LogP contribution in [0.4, 0.5) is 0 Å². The molecule has 0 aromatic heterocycles. The van der Waals surface area contributed by atoms with Crippen LogP contribution in [0.1, 0.15) is 32.1 Å². The van der Waals surface area contributed by atoms with E-state index in [9.17, 15) is 20.4 Å². The molecule has 6 heteroatoms. The first-order chi connectivity index (χ1) is 8.54. The molecule has 0 aromatic carbocycles. The maximum atomic E-state index is 9.92. The van der Waals surface area contributed by atoms with Crippen molar-refractivity contribution in [2.45, 2.75) is 74.5 Å². The SMILES string of the molecule is O[C@@H]1[C@H](O)[C@H](O)[C@@H]2OC3(CCCCC3)O[C@@H]2[C@@H]1O. The molecule has 0 aromatic rings. The topological polar surface area (TPSA) is 99.4 Å². The molecule has 1 heterocycles. The molecule has 2 saturated carbocycles. The van der Waals surface area contributed by atoms with Crippen molar-refractivity contribution in [1.82, 2.24) is 0 Å². The van der Waals surface area contributed by atoms with E-state index >= 15 is 0 Å². The van der Waals surface area contributed by atoms with E-state index in [2.05, 4.69) is 0 Å². The number of rotatable bonds is 0. The van der Waals surface area contributed by atoms with E-state index in [0.29, 0.717) is 0 Å². The zero-order valence-corrected chi connectivity index (χ0v) is 10.1. The molecule has 0 unspecified atom stereocenters. The molecule has 3 aliphatic rings. The number of aliphatic hydroxyl groups excluding tert-OH is 4.